The summed E-state index contributed by atoms with van der Waals surface area (Å²) in [6.45, 7) is -0.371. The molecule has 1 aliphatic rings. The third kappa shape index (κ3) is 4.44. The summed E-state index contributed by atoms with van der Waals surface area (Å²) in [4.78, 5) is 13.8. The highest BCUT2D eigenvalue weighted by molar-refractivity contribution is 7.88. The van der Waals surface area contributed by atoms with E-state index in [1.807, 2.05) is 4.72 Å². The van der Waals surface area contributed by atoms with Crippen LogP contribution in [-0.2, 0) is 10.0 Å². The van der Waals surface area contributed by atoms with Crippen molar-refractivity contribution in [2.75, 3.05) is 24.2 Å². The van der Waals surface area contributed by atoms with Gasteiger partial charge in [-0.05, 0) is 12.1 Å². The summed E-state index contributed by atoms with van der Waals surface area (Å²) in [5.74, 6) is -2.94. The molecule has 1 aliphatic heterocycles. The topological polar surface area (TPSA) is 105 Å². The van der Waals surface area contributed by atoms with Crippen molar-refractivity contribution in [3.63, 3.8) is 0 Å². The SMILES string of the molecule is CS(=O)(=O)NC1CN(c2cc(-c3cnc4ccc(C(F)F)nn34)ncn2)CCC1(F)F. The molecule has 0 bridgehead atoms. The zero-order valence-corrected chi connectivity index (χ0v) is 16.9. The number of halogens is 4. The normalized spacial score (nSPS) is 19.3. The van der Waals surface area contributed by atoms with E-state index in [9.17, 15) is 26.0 Å². The highest BCUT2D eigenvalue weighted by atomic mass is 32.2. The predicted octanol–water partition coefficient (Wildman–Crippen LogP) is 1.89. The smallest absolute Gasteiger partial charge is 0.282 e. The lowest BCUT2D eigenvalue weighted by Crippen LogP contribution is -2.58. The number of hydrogen-bond acceptors (Lipinski definition) is 7. The van der Waals surface area contributed by atoms with E-state index in [0.29, 0.717) is 17.0 Å². The molecule has 0 radical (unpaired) electrons. The van der Waals surface area contributed by atoms with Crippen LogP contribution in [0.5, 0.6) is 0 Å². The van der Waals surface area contributed by atoms with Gasteiger partial charge in [-0.15, -0.1) is 0 Å². The number of piperidine rings is 1. The van der Waals surface area contributed by atoms with Gasteiger partial charge in [-0.2, -0.15) is 5.10 Å². The molecule has 4 heterocycles. The number of imidazole rings is 1. The maximum atomic E-state index is 14.2. The fraction of sp³-hybridized carbons (Fsp3) is 0.412. The van der Waals surface area contributed by atoms with Crippen LogP contribution in [-0.4, -0.2) is 64.3 Å². The summed E-state index contributed by atoms with van der Waals surface area (Å²) in [6, 6.07) is 2.43. The zero-order valence-electron chi connectivity index (χ0n) is 16.1. The molecule has 3 aromatic heterocycles. The summed E-state index contributed by atoms with van der Waals surface area (Å²) in [5, 5.41) is 3.88. The molecule has 0 amide bonds. The molecule has 0 spiro atoms. The van der Waals surface area contributed by atoms with Crippen LogP contribution in [0.2, 0.25) is 0 Å². The first kappa shape index (κ1) is 21.4. The average molecular weight is 459 g/mol. The van der Waals surface area contributed by atoms with Crippen molar-refractivity contribution in [2.45, 2.75) is 24.8 Å². The van der Waals surface area contributed by atoms with E-state index >= 15 is 0 Å². The fourth-order valence-electron chi connectivity index (χ4n) is 3.33. The number of anilines is 1. The number of fused-ring (bicyclic) bond motifs is 1. The number of rotatable bonds is 5. The summed E-state index contributed by atoms with van der Waals surface area (Å²) < 4.78 is 80.6. The standard InChI is InChI=1S/C17H17F4N7O2S/c1-31(29,30)26-13-8-27(5-4-17(13,20)21)15-6-11(23-9-24-15)12-7-22-14-3-2-10(16(18)19)25-28(12)14/h2-3,6-7,9,13,16,26H,4-5,8H2,1H3. The quantitative estimate of drug-likeness (QED) is 0.581. The third-order valence-electron chi connectivity index (χ3n) is 4.83. The number of sulfonamides is 1. The van der Waals surface area contributed by atoms with Gasteiger partial charge in [0.2, 0.25) is 10.0 Å². The molecule has 1 saturated heterocycles. The lowest BCUT2D eigenvalue weighted by molar-refractivity contribution is -0.0445. The first-order valence-electron chi connectivity index (χ1n) is 9.09. The molecule has 1 unspecified atom stereocenters. The lowest BCUT2D eigenvalue weighted by atomic mass is 10.0. The van der Waals surface area contributed by atoms with Gasteiger partial charge < -0.3 is 4.90 Å². The van der Waals surface area contributed by atoms with Gasteiger partial charge in [0.1, 0.15) is 29.6 Å². The number of aromatic nitrogens is 5. The second kappa shape index (κ2) is 7.67. The summed E-state index contributed by atoms with van der Waals surface area (Å²) in [7, 11) is -3.85. The molecule has 1 atom stereocenters. The van der Waals surface area contributed by atoms with Crippen molar-refractivity contribution in [3.8, 4) is 11.4 Å². The van der Waals surface area contributed by atoms with Crippen LogP contribution < -0.4 is 9.62 Å². The zero-order chi connectivity index (χ0) is 22.4. The Kier molecular flexibility index (Phi) is 5.29. The molecule has 1 fully saturated rings. The maximum absolute atomic E-state index is 14.2. The minimum absolute atomic E-state index is 0.0632. The Morgan fingerprint density at radius 1 is 1.23 bits per heavy atom. The van der Waals surface area contributed by atoms with E-state index in [1.54, 1.807) is 0 Å². The molecule has 0 saturated carbocycles. The van der Waals surface area contributed by atoms with Gasteiger partial charge in [0, 0.05) is 25.6 Å². The summed E-state index contributed by atoms with van der Waals surface area (Å²) in [6.07, 6.45) is 0.0781. The molecular formula is C17H17F4N7O2S. The van der Waals surface area contributed by atoms with E-state index in [0.717, 1.165) is 6.26 Å². The molecule has 166 valence electrons. The first-order valence-corrected chi connectivity index (χ1v) is 11.0. The van der Waals surface area contributed by atoms with Crippen LogP contribution in [0.1, 0.15) is 18.5 Å². The monoisotopic (exact) mass is 459 g/mol. The van der Waals surface area contributed by atoms with Crippen LogP contribution in [0.15, 0.2) is 30.7 Å². The van der Waals surface area contributed by atoms with Crippen molar-refractivity contribution in [1.82, 2.24) is 29.3 Å². The van der Waals surface area contributed by atoms with Crippen LogP contribution in [0.25, 0.3) is 17.0 Å². The Hall–Kier alpha value is -2.87. The van der Waals surface area contributed by atoms with E-state index in [1.165, 1.54) is 40.1 Å². The molecular weight excluding hydrogens is 442 g/mol. The van der Waals surface area contributed by atoms with E-state index < -0.39 is 40.5 Å². The molecule has 9 nitrogen and oxygen atoms in total. The van der Waals surface area contributed by atoms with Crippen LogP contribution >= 0.6 is 0 Å². The molecule has 0 aromatic carbocycles. The van der Waals surface area contributed by atoms with Crippen molar-refractivity contribution >= 4 is 21.5 Å². The summed E-state index contributed by atoms with van der Waals surface area (Å²) >= 11 is 0. The van der Waals surface area contributed by atoms with Crippen molar-refractivity contribution < 1.29 is 26.0 Å². The van der Waals surface area contributed by atoms with Crippen LogP contribution in [0.4, 0.5) is 23.4 Å². The van der Waals surface area contributed by atoms with Gasteiger partial charge in [-0.25, -0.2) is 50.2 Å². The molecule has 4 rings (SSSR count). The molecule has 0 aliphatic carbocycles. The largest absolute Gasteiger partial charge is 0.354 e. The second-order valence-electron chi connectivity index (χ2n) is 7.13. The summed E-state index contributed by atoms with van der Waals surface area (Å²) in [5.41, 5.74) is 0.499. The van der Waals surface area contributed by atoms with Crippen LogP contribution in [0, 0.1) is 0 Å². The van der Waals surface area contributed by atoms with Crippen molar-refractivity contribution in [3.05, 3.63) is 36.4 Å². The Morgan fingerprint density at radius 2 is 2.00 bits per heavy atom. The minimum Gasteiger partial charge on any atom is -0.354 e. The highest BCUT2D eigenvalue weighted by Gasteiger charge is 2.45. The average Bonchev–Trinajstić information content (AvgIpc) is 3.12. The van der Waals surface area contributed by atoms with Gasteiger partial charge in [0.05, 0.1) is 18.1 Å². The van der Waals surface area contributed by atoms with Gasteiger partial charge in [0.25, 0.3) is 12.3 Å². The van der Waals surface area contributed by atoms with Gasteiger partial charge in [-0.3, -0.25) is 0 Å². The van der Waals surface area contributed by atoms with Crippen LogP contribution in [0.3, 0.4) is 0 Å². The minimum atomic E-state index is -3.85. The van der Waals surface area contributed by atoms with E-state index in [2.05, 4.69) is 20.1 Å². The predicted molar refractivity (Wildman–Crippen MR) is 103 cm³/mol. The number of nitrogens with zero attached hydrogens (tertiary/aromatic N) is 6. The number of alkyl halides is 4. The highest BCUT2D eigenvalue weighted by Crippen LogP contribution is 2.32. The molecule has 3 aromatic rings. The van der Waals surface area contributed by atoms with Crippen molar-refractivity contribution in [1.29, 1.82) is 0 Å². The Morgan fingerprint density at radius 3 is 2.71 bits per heavy atom. The Balaban J connectivity index is 1.66. The molecule has 31 heavy (non-hydrogen) atoms. The number of nitrogens with one attached hydrogen (secondary N) is 1. The fourth-order valence-corrected chi connectivity index (χ4v) is 4.10. The Bertz CT molecular complexity index is 1220. The Labute approximate surface area is 174 Å². The number of hydrogen-bond donors (Lipinski definition) is 1. The maximum Gasteiger partial charge on any atom is 0.282 e. The second-order valence-corrected chi connectivity index (χ2v) is 8.91. The first-order chi connectivity index (χ1) is 14.5. The molecule has 14 heteroatoms. The van der Waals surface area contributed by atoms with E-state index in [-0.39, 0.29) is 18.9 Å². The van der Waals surface area contributed by atoms with Crippen molar-refractivity contribution in [2.24, 2.45) is 0 Å². The van der Waals surface area contributed by atoms with Gasteiger partial charge >= 0.3 is 0 Å². The lowest BCUT2D eigenvalue weighted by Gasteiger charge is -2.38. The van der Waals surface area contributed by atoms with Gasteiger partial charge in [-0.1, -0.05) is 0 Å². The third-order valence-corrected chi connectivity index (χ3v) is 5.54. The van der Waals surface area contributed by atoms with E-state index in [4.69, 9.17) is 0 Å². The molecule has 1 N–H and O–H groups in total. The van der Waals surface area contributed by atoms with Gasteiger partial charge in [0.15, 0.2) is 5.65 Å².